The minimum atomic E-state index is -0.466. The molecule has 2 rings (SSSR count). The van der Waals surface area contributed by atoms with Crippen molar-refractivity contribution in [2.45, 2.75) is 77.5 Å². The van der Waals surface area contributed by atoms with E-state index in [1.54, 1.807) is 11.9 Å². The van der Waals surface area contributed by atoms with Crippen LogP contribution in [0.2, 0.25) is 0 Å². The highest BCUT2D eigenvalue weighted by Crippen LogP contribution is 2.26. The van der Waals surface area contributed by atoms with E-state index in [0.717, 1.165) is 25.1 Å². The van der Waals surface area contributed by atoms with Crippen molar-refractivity contribution >= 4 is 12.1 Å². The van der Waals surface area contributed by atoms with Gasteiger partial charge in [-0.1, -0.05) is 19.8 Å². The van der Waals surface area contributed by atoms with Gasteiger partial charge in [0.1, 0.15) is 5.60 Å². The van der Waals surface area contributed by atoms with Crippen LogP contribution in [0.25, 0.3) is 0 Å². The third kappa shape index (κ3) is 7.49. The molecule has 2 N–H and O–H groups in total. The Bertz CT molecular complexity index is 525. The average Bonchev–Trinajstić information content (AvgIpc) is 3.28. The van der Waals surface area contributed by atoms with Crippen LogP contribution >= 0.6 is 0 Å². The molecule has 2 unspecified atom stereocenters. The number of hydrogen-bond donors (Lipinski definition) is 2. The number of carbonyl (C=O) groups excluding carboxylic acids is 1. The highest BCUT2D eigenvalue weighted by Gasteiger charge is 2.30. The molecule has 0 bridgehead atoms. The summed E-state index contributed by atoms with van der Waals surface area (Å²) in [7, 11) is 3.60. The van der Waals surface area contributed by atoms with E-state index >= 15 is 0 Å². The van der Waals surface area contributed by atoms with Crippen molar-refractivity contribution in [1.82, 2.24) is 20.4 Å². The molecule has 1 heterocycles. The SMILES string of the molecule is CN=C(NCC(C)CN(C)C(=O)OC(C)(C)C)NC1CCN(C2CCCC2)C1. The molecule has 1 saturated heterocycles. The van der Waals surface area contributed by atoms with Crippen LogP contribution in [-0.2, 0) is 4.74 Å². The van der Waals surface area contributed by atoms with Crippen molar-refractivity contribution < 1.29 is 9.53 Å². The number of amides is 1. The van der Waals surface area contributed by atoms with Gasteiger partial charge < -0.3 is 20.3 Å². The molecule has 0 aromatic carbocycles. The number of nitrogens with one attached hydrogen (secondary N) is 2. The lowest BCUT2D eigenvalue weighted by Gasteiger charge is -2.27. The summed E-state index contributed by atoms with van der Waals surface area (Å²) >= 11 is 0. The number of ether oxygens (including phenoxy) is 1. The van der Waals surface area contributed by atoms with E-state index in [-0.39, 0.29) is 12.0 Å². The maximum atomic E-state index is 12.1. The second-order valence-corrected chi connectivity index (χ2v) is 9.48. The van der Waals surface area contributed by atoms with E-state index in [9.17, 15) is 4.79 Å². The van der Waals surface area contributed by atoms with E-state index in [0.29, 0.717) is 12.6 Å². The van der Waals surface area contributed by atoms with Crippen LogP contribution in [0.5, 0.6) is 0 Å². The first-order valence-electron chi connectivity index (χ1n) is 10.8. The Labute approximate surface area is 171 Å². The van der Waals surface area contributed by atoms with Gasteiger partial charge >= 0.3 is 6.09 Å². The molecular weight excluding hydrogens is 354 g/mol. The van der Waals surface area contributed by atoms with Gasteiger partial charge in [-0.2, -0.15) is 0 Å². The minimum Gasteiger partial charge on any atom is -0.444 e. The fourth-order valence-electron chi connectivity index (χ4n) is 4.11. The van der Waals surface area contributed by atoms with Crippen LogP contribution < -0.4 is 10.6 Å². The molecule has 7 nitrogen and oxygen atoms in total. The Kier molecular flexibility index (Phi) is 8.40. The Morgan fingerprint density at radius 3 is 2.57 bits per heavy atom. The van der Waals surface area contributed by atoms with Crippen molar-refractivity contribution in [3.63, 3.8) is 0 Å². The number of aliphatic imine (C=N–C) groups is 1. The van der Waals surface area contributed by atoms with E-state index in [1.807, 2.05) is 27.8 Å². The fourth-order valence-corrected chi connectivity index (χ4v) is 4.11. The van der Waals surface area contributed by atoms with Gasteiger partial charge in [-0.05, 0) is 46.0 Å². The monoisotopic (exact) mass is 395 g/mol. The molecule has 1 saturated carbocycles. The highest BCUT2D eigenvalue weighted by molar-refractivity contribution is 5.80. The zero-order chi connectivity index (χ0) is 20.7. The molecule has 2 atom stereocenters. The summed E-state index contributed by atoms with van der Waals surface area (Å²) in [5.74, 6) is 1.14. The molecule has 1 aliphatic heterocycles. The molecule has 7 heteroatoms. The first-order valence-corrected chi connectivity index (χ1v) is 10.8. The third-order valence-electron chi connectivity index (χ3n) is 5.53. The smallest absolute Gasteiger partial charge is 0.410 e. The molecule has 0 spiro atoms. The first kappa shape index (κ1) is 22.8. The number of hydrogen-bond acceptors (Lipinski definition) is 4. The fraction of sp³-hybridized carbons (Fsp3) is 0.905. The summed E-state index contributed by atoms with van der Waals surface area (Å²) in [5.41, 5.74) is -0.466. The van der Waals surface area contributed by atoms with Gasteiger partial charge in [-0.3, -0.25) is 9.89 Å². The van der Waals surface area contributed by atoms with E-state index < -0.39 is 5.60 Å². The molecule has 2 fully saturated rings. The van der Waals surface area contributed by atoms with Crippen LogP contribution in [-0.4, -0.2) is 79.8 Å². The normalized spacial score (nSPS) is 22.9. The molecule has 28 heavy (non-hydrogen) atoms. The van der Waals surface area contributed by atoms with Crippen LogP contribution in [0, 0.1) is 5.92 Å². The quantitative estimate of drug-likeness (QED) is 0.535. The predicted molar refractivity (Wildman–Crippen MR) is 115 cm³/mol. The van der Waals surface area contributed by atoms with Gasteiger partial charge in [0, 0.05) is 52.4 Å². The lowest BCUT2D eigenvalue weighted by molar-refractivity contribution is 0.0278. The number of nitrogens with zero attached hydrogens (tertiary/aromatic N) is 3. The summed E-state index contributed by atoms with van der Waals surface area (Å²) in [5, 5.41) is 6.99. The van der Waals surface area contributed by atoms with Gasteiger partial charge in [0.25, 0.3) is 0 Å². The van der Waals surface area contributed by atoms with Gasteiger partial charge in [0.15, 0.2) is 5.96 Å². The summed E-state index contributed by atoms with van der Waals surface area (Å²) < 4.78 is 5.41. The lowest BCUT2D eigenvalue weighted by Crippen LogP contribution is -2.47. The topological polar surface area (TPSA) is 69.2 Å². The van der Waals surface area contributed by atoms with Crippen LogP contribution in [0.15, 0.2) is 4.99 Å². The summed E-state index contributed by atoms with van der Waals surface area (Å²) in [6.45, 7) is 11.5. The summed E-state index contributed by atoms with van der Waals surface area (Å²) in [4.78, 5) is 20.8. The number of carbonyl (C=O) groups is 1. The predicted octanol–water partition coefficient (Wildman–Crippen LogP) is 2.67. The van der Waals surface area contributed by atoms with Gasteiger partial charge in [0.2, 0.25) is 0 Å². The van der Waals surface area contributed by atoms with Crippen molar-refractivity contribution in [3.05, 3.63) is 0 Å². The van der Waals surface area contributed by atoms with Crippen LogP contribution in [0.1, 0.15) is 59.8 Å². The van der Waals surface area contributed by atoms with Gasteiger partial charge in [0.05, 0.1) is 0 Å². The molecule has 0 aromatic heterocycles. The number of guanidine groups is 1. The maximum Gasteiger partial charge on any atom is 0.410 e. The Hall–Kier alpha value is -1.50. The number of likely N-dealkylation sites (tertiary alicyclic amines) is 1. The van der Waals surface area contributed by atoms with Gasteiger partial charge in [-0.25, -0.2) is 4.79 Å². The first-order chi connectivity index (χ1) is 13.2. The zero-order valence-corrected chi connectivity index (χ0v) is 18.8. The average molecular weight is 396 g/mol. The third-order valence-corrected chi connectivity index (χ3v) is 5.53. The molecule has 0 radical (unpaired) electrons. The Morgan fingerprint density at radius 1 is 1.29 bits per heavy atom. The van der Waals surface area contributed by atoms with Crippen molar-refractivity contribution in [2.24, 2.45) is 10.9 Å². The number of rotatable bonds is 6. The molecular formula is C21H41N5O2. The van der Waals surface area contributed by atoms with Gasteiger partial charge in [-0.15, -0.1) is 0 Å². The van der Waals surface area contributed by atoms with Crippen LogP contribution in [0.4, 0.5) is 4.79 Å². The highest BCUT2D eigenvalue weighted by atomic mass is 16.6. The van der Waals surface area contributed by atoms with E-state index in [1.165, 1.54) is 38.6 Å². The molecule has 162 valence electrons. The van der Waals surface area contributed by atoms with E-state index in [4.69, 9.17) is 4.74 Å². The molecule has 0 aromatic rings. The van der Waals surface area contributed by atoms with E-state index in [2.05, 4.69) is 27.4 Å². The van der Waals surface area contributed by atoms with Crippen molar-refractivity contribution in [2.75, 3.05) is 40.3 Å². The standard InChI is InChI=1S/C21H41N5O2/c1-16(14-25(6)20(27)28-21(2,3)4)13-23-19(22-5)24-17-11-12-26(15-17)18-9-7-8-10-18/h16-18H,7-15H2,1-6H3,(H2,22,23,24). The summed E-state index contributed by atoms with van der Waals surface area (Å²) in [6.07, 6.45) is 6.40. The minimum absolute atomic E-state index is 0.278. The van der Waals surface area contributed by atoms with Crippen molar-refractivity contribution in [3.8, 4) is 0 Å². The molecule has 1 amide bonds. The lowest BCUT2D eigenvalue weighted by atomic mass is 10.1. The largest absolute Gasteiger partial charge is 0.444 e. The zero-order valence-electron chi connectivity index (χ0n) is 18.8. The molecule has 2 aliphatic rings. The maximum absolute atomic E-state index is 12.1. The van der Waals surface area contributed by atoms with Crippen molar-refractivity contribution in [1.29, 1.82) is 0 Å². The van der Waals surface area contributed by atoms with Crippen LogP contribution in [0.3, 0.4) is 0 Å². The Morgan fingerprint density at radius 2 is 1.96 bits per heavy atom. The molecule has 1 aliphatic carbocycles. The second kappa shape index (κ2) is 10.3. The Balaban J connectivity index is 1.69. The second-order valence-electron chi connectivity index (χ2n) is 9.48. The summed E-state index contributed by atoms with van der Waals surface area (Å²) in [6, 6.07) is 1.26.